The molecular formula is C20H23NO. The number of hydrogen-bond donors (Lipinski definition) is 1. The predicted molar refractivity (Wildman–Crippen MR) is 89.7 cm³/mol. The first-order valence-corrected chi connectivity index (χ1v) is 8.22. The Labute approximate surface area is 132 Å². The number of carbonyl (C=O) groups excluding carboxylic acids is 1. The van der Waals surface area contributed by atoms with Crippen molar-refractivity contribution >= 4 is 5.91 Å². The molecule has 0 bridgehead atoms. The first kappa shape index (κ1) is 14.8. The Morgan fingerprint density at radius 1 is 1.14 bits per heavy atom. The molecular weight excluding hydrogens is 270 g/mol. The molecule has 0 aliphatic heterocycles. The fraction of sp³-hybridized carbons (Fsp3) is 0.350. The fourth-order valence-corrected chi connectivity index (χ4v) is 3.43. The molecule has 0 radical (unpaired) electrons. The lowest BCUT2D eigenvalue weighted by molar-refractivity contribution is -0.123. The number of hydrogen-bond acceptors (Lipinski definition) is 1. The van der Waals surface area contributed by atoms with Crippen LogP contribution in [0.2, 0.25) is 0 Å². The summed E-state index contributed by atoms with van der Waals surface area (Å²) in [7, 11) is 0. The molecule has 2 aromatic carbocycles. The van der Waals surface area contributed by atoms with E-state index in [4.69, 9.17) is 0 Å². The molecule has 0 heterocycles. The van der Waals surface area contributed by atoms with Gasteiger partial charge in [-0.15, -0.1) is 0 Å². The summed E-state index contributed by atoms with van der Waals surface area (Å²) in [5.41, 5.74) is 3.78. The van der Waals surface area contributed by atoms with Crippen molar-refractivity contribution in [1.82, 2.24) is 5.32 Å². The molecule has 2 aromatic rings. The van der Waals surface area contributed by atoms with Gasteiger partial charge in [-0.05, 0) is 42.4 Å². The van der Waals surface area contributed by atoms with Crippen LogP contribution in [0.4, 0.5) is 0 Å². The highest BCUT2D eigenvalue weighted by molar-refractivity contribution is 5.84. The second-order valence-corrected chi connectivity index (χ2v) is 6.02. The molecule has 3 rings (SSSR count). The predicted octanol–water partition coefficient (Wildman–Crippen LogP) is 4.37. The lowest BCUT2D eigenvalue weighted by atomic mass is 9.87. The Kier molecular flexibility index (Phi) is 4.57. The van der Waals surface area contributed by atoms with E-state index < -0.39 is 0 Å². The van der Waals surface area contributed by atoms with Crippen molar-refractivity contribution < 1.29 is 4.79 Å². The number of amides is 1. The Hall–Kier alpha value is -2.09. The van der Waals surface area contributed by atoms with Crippen LogP contribution in [0.5, 0.6) is 0 Å². The van der Waals surface area contributed by atoms with Gasteiger partial charge in [0.2, 0.25) is 5.91 Å². The molecule has 22 heavy (non-hydrogen) atoms. The van der Waals surface area contributed by atoms with Gasteiger partial charge in [-0.1, -0.05) is 61.5 Å². The Morgan fingerprint density at radius 2 is 1.86 bits per heavy atom. The molecule has 114 valence electrons. The van der Waals surface area contributed by atoms with Crippen LogP contribution in [0, 0.1) is 0 Å². The number of aryl methyl sites for hydroxylation is 1. The zero-order valence-corrected chi connectivity index (χ0v) is 13.1. The summed E-state index contributed by atoms with van der Waals surface area (Å²) in [6.45, 7) is 2.08. The van der Waals surface area contributed by atoms with E-state index >= 15 is 0 Å². The second-order valence-electron chi connectivity index (χ2n) is 6.02. The minimum Gasteiger partial charge on any atom is -0.349 e. The summed E-state index contributed by atoms with van der Waals surface area (Å²) in [5.74, 6) is 0.0886. The number of rotatable bonds is 4. The van der Waals surface area contributed by atoms with E-state index in [1.165, 1.54) is 11.1 Å². The number of nitrogens with one attached hydrogen (secondary N) is 1. The largest absolute Gasteiger partial charge is 0.349 e. The maximum Gasteiger partial charge on any atom is 0.228 e. The number of benzene rings is 2. The molecule has 0 saturated carbocycles. The highest BCUT2D eigenvalue weighted by Crippen LogP contribution is 2.30. The summed E-state index contributed by atoms with van der Waals surface area (Å²) in [5, 5.41) is 3.29. The van der Waals surface area contributed by atoms with E-state index in [1.54, 1.807) is 0 Å². The maximum atomic E-state index is 12.7. The van der Waals surface area contributed by atoms with Crippen LogP contribution >= 0.6 is 0 Å². The van der Waals surface area contributed by atoms with E-state index in [0.717, 1.165) is 31.2 Å². The Bertz CT molecular complexity index is 635. The lowest BCUT2D eigenvalue weighted by Gasteiger charge is -2.28. The molecule has 0 spiro atoms. The van der Waals surface area contributed by atoms with Crippen LogP contribution in [0.3, 0.4) is 0 Å². The SMILES string of the molecule is CC[C@@H](C(=O)N[C@H]1CCCc2ccccc21)c1ccccc1. The standard InChI is InChI=1S/C20H23NO/c1-2-17(15-9-4-3-5-10-15)20(22)21-19-14-8-12-16-11-6-7-13-18(16)19/h3-7,9-11,13,17,19H,2,8,12,14H2,1H3,(H,21,22)/t17-,19+/m1/s1. The maximum absolute atomic E-state index is 12.7. The lowest BCUT2D eigenvalue weighted by Crippen LogP contribution is -2.34. The van der Waals surface area contributed by atoms with Gasteiger partial charge >= 0.3 is 0 Å². The molecule has 0 aromatic heterocycles. The highest BCUT2D eigenvalue weighted by atomic mass is 16.1. The third kappa shape index (κ3) is 3.06. The van der Waals surface area contributed by atoms with Crippen molar-refractivity contribution in [3.05, 3.63) is 71.3 Å². The fourth-order valence-electron chi connectivity index (χ4n) is 3.43. The average molecular weight is 293 g/mol. The second kappa shape index (κ2) is 6.78. The molecule has 2 heteroatoms. The summed E-state index contributed by atoms with van der Waals surface area (Å²) in [6, 6.07) is 18.7. The van der Waals surface area contributed by atoms with Gasteiger partial charge in [-0.25, -0.2) is 0 Å². The topological polar surface area (TPSA) is 29.1 Å². The molecule has 2 atom stereocenters. The van der Waals surface area contributed by atoms with E-state index in [1.807, 2.05) is 30.3 Å². The van der Waals surface area contributed by atoms with E-state index in [0.29, 0.717) is 0 Å². The van der Waals surface area contributed by atoms with Gasteiger partial charge in [0.1, 0.15) is 0 Å². The summed E-state index contributed by atoms with van der Waals surface area (Å²) >= 11 is 0. The number of fused-ring (bicyclic) bond motifs is 1. The van der Waals surface area contributed by atoms with Crippen LogP contribution in [-0.4, -0.2) is 5.91 Å². The zero-order valence-electron chi connectivity index (χ0n) is 13.1. The van der Waals surface area contributed by atoms with Crippen molar-refractivity contribution in [2.24, 2.45) is 0 Å². The first-order chi connectivity index (χ1) is 10.8. The minimum atomic E-state index is -0.0599. The molecule has 1 aliphatic rings. The summed E-state index contributed by atoms with van der Waals surface area (Å²) in [4.78, 5) is 12.7. The van der Waals surface area contributed by atoms with Crippen molar-refractivity contribution in [2.75, 3.05) is 0 Å². The third-order valence-corrected chi connectivity index (χ3v) is 4.61. The van der Waals surface area contributed by atoms with Gasteiger partial charge < -0.3 is 5.32 Å². The van der Waals surface area contributed by atoms with E-state index in [-0.39, 0.29) is 17.9 Å². The molecule has 0 fully saturated rings. The Morgan fingerprint density at radius 3 is 2.64 bits per heavy atom. The van der Waals surface area contributed by atoms with Crippen LogP contribution < -0.4 is 5.32 Å². The van der Waals surface area contributed by atoms with Crippen molar-refractivity contribution in [1.29, 1.82) is 0 Å². The van der Waals surface area contributed by atoms with Crippen LogP contribution in [0.1, 0.15) is 54.8 Å². The van der Waals surface area contributed by atoms with Gasteiger partial charge in [-0.2, -0.15) is 0 Å². The van der Waals surface area contributed by atoms with Gasteiger partial charge in [0.05, 0.1) is 12.0 Å². The monoisotopic (exact) mass is 293 g/mol. The normalized spacial score (nSPS) is 18.3. The zero-order chi connectivity index (χ0) is 15.4. The summed E-state index contributed by atoms with van der Waals surface area (Å²) < 4.78 is 0. The van der Waals surface area contributed by atoms with E-state index in [2.05, 4.69) is 36.5 Å². The molecule has 2 nitrogen and oxygen atoms in total. The summed E-state index contributed by atoms with van der Waals surface area (Å²) in [6.07, 6.45) is 4.13. The highest BCUT2D eigenvalue weighted by Gasteiger charge is 2.25. The molecule has 1 aliphatic carbocycles. The van der Waals surface area contributed by atoms with Gasteiger partial charge in [0.15, 0.2) is 0 Å². The first-order valence-electron chi connectivity index (χ1n) is 8.22. The molecule has 0 unspecified atom stereocenters. The molecule has 0 saturated heterocycles. The van der Waals surface area contributed by atoms with Crippen molar-refractivity contribution in [3.63, 3.8) is 0 Å². The van der Waals surface area contributed by atoms with Crippen molar-refractivity contribution in [2.45, 2.75) is 44.6 Å². The average Bonchev–Trinajstić information content (AvgIpc) is 2.57. The van der Waals surface area contributed by atoms with E-state index in [9.17, 15) is 4.79 Å². The van der Waals surface area contributed by atoms with Crippen molar-refractivity contribution in [3.8, 4) is 0 Å². The minimum absolute atomic E-state index is 0.0599. The van der Waals surface area contributed by atoms with Gasteiger partial charge in [0, 0.05) is 0 Å². The quantitative estimate of drug-likeness (QED) is 0.891. The number of carbonyl (C=O) groups is 1. The van der Waals surface area contributed by atoms with Crippen LogP contribution in [-0.2, 0) is 11.2 Å². The third-order valence-electron chi connectivity index (χ3n) is 4.61. The Balaban J connectivity index is 1.77. The van der Waals surface area contributed by atoms with Gasteiger partial charge in [0.25, 0.3) is 0 Å². The molecule has 1 amide bonds. The molecule has 1 N–H and O–H groups in total. The van der Waals surface area contributed by atoms with Gasteiger partial charge in [-0.3, -0.25) is 4.79 Å². The smallest absolute Gasteiger partial charge is 0.228 e. The van der Waals surface area contributed by atoms with Crippen LogP contribution in [0.25, 0.3) is 0 Å². The van der Waals surface area contributed by atoms with Crippen LogP contribution in [0.15, 0.2) is 54.6 Å².